The maximum Gasteiger partial charge on any atom is 0.337 e. The molecule has 8 nitrogen and oxygen atoms in total. The van der Waals surface area contributed by atoms with Gasteiger partial charge in [0.25, 0.3) is 5.56 Å². The monoisotopic (exact) mass is 459 g/mol. The van der Waals surface area contributed by atoms with Crippen molar-refractivity contribution in [3.63, 3.8) is 0 Å². The van der Waals surface area contributed by atoms with Crippen LogP contribution in [0.5, 0.6) is 0 Å². The molecule has 3 rings (SSSR count). The number of nitrogen functional groups attached to an aromatic ring is 1. The SMILES string of the molecule is CCCCNc1nc(N)nc2c(Br)cn(Cc3ccc(C(=O)OC)cc3)c(=O)c12. The number of esters is 1. The van der Waals surface area contributed by atoms with Crippen LogP contribution in [0.25, 0.3) is 10.9 Å². The lowest BCUT2D eigenvalue weighted by Gasteiger charge is -2.13. The molecule has 0 aliphatic heterocycles. The highest BCUT2D eigenvalue weighted by atomic mass is 79.9. The molecule has 29 heavy (non-hydrogen) atoms. The van der Waals surface area contributed by atoms with E-state index in [0.717, 1.165) is 18.4 Å². The van der Waals surface area contributed by atoms with Crippen molar-refractivity contribution < 1.29 is 9.53 Å². The second-order valence-electron chi connectivity index (χ2n) is 6.53. The molecule has 0 atom stereocenters. The molecule has 2 aromatic heterocycles. The van der Waals surface area contributed by atoms with E-state index in [1.807, 2.05) is 0 Å². The molecule has 0 bridgehead atoms. The molecule has 9 heteroatoms. The number of benzene rings is 1. The van der Waals surface area contributed by atoms with E-state index >= 15 is 0 Å². The Hall–Kier alpha value is -2.94. The van der Waals surface area contributed by atoms with Gasteiger partial charge in [0.15, 0.2) is 0 Å². The molecule has 152 valence electrons. The molecule has 0 unspecified atom stereocenters. The zero-order valence-electron chi connectivity index (χ0n) is 16.2. The number of nitrogens with two attached hydrogens (primary N) is 1. The third kappa shape index (κ3) is 4.56. The second kappa shape index (κ2) is 9.04. The first-order valence-electron chi connectivity index (χ1n) is 9.21. The van der Waals surface area contributed by atoms with Crippen LogP contribution in [0.1, 0.15) is 35.7 Å². The highest BCUT2D eigenvalue weighted by Crippen LogP contribution is 2.25. The van der Waals surface area contributed by atoms with E-state index in [4.69, 9.17) is 10.5 Å². The first kappa shape index (κ1) is 20.8. The van der Waals surface area contributed by atoms with Crippen molar-refractivity contribution in [2.75, 3.05) is 24.7 Å². The van der Waals surface area contributed by atoms with Gasteiger partial charge in [-0.1, -0.05) is 25.5 Å². The van der Waals surface area contributed by atoms with Gasteiger partial charge in [-0.25, -0.2) is 9.78 Å². The number of methoxy groups -OCH3 is 1. The smallest absolute Gasteiger partial charge is 0.337 e. The number of carbonyl (C=O) groups is 1. The summed E-state index contributed by atoms with van der Waals surface area (Å²) in [6.45, 7) is 3.10. The number of ether oxygens (including phenoxy) is 1. The van der Waals surface area contributed by atoms with E-state index in [1.54, 1.807) is 35.0 Å². The number of aromatic nitrogens is 3. The Labute approximate surface area is 176 Å². The summed E-state index contributed by atoms with van der Waals surface area (Å²) in [5, 5.41) is 3.58. The van der Waals surface area contributed by atoms with Crippen LogP contribution >= 0.6 is 15.9 Å². The molecule has 3 aromatic rings. The molecular weight excluding hydrogens is 438 g/mol. The van der Waals surface area contributed by atoms with Gasteiger partial charge in [-0.05, 0) is 40.0 Å². The maximum atomic E-state index is 13.2. The van der Waals surface area contributed by atoms with E-state index in [2.05, 4.69) is 38.1 Å². The quantitative estimate of drug-likeness (QED) is 0.411. The van der Waals surface area contributed by atoms with Crippen LogP contribution in [0, 0.1) is 0 Å². The first-order valence-corrected chi connectivity index (χ1v) is 10.0. The van der Waals surface area contributed by atoms with Crippen LogP contribution in [0.2, 0.25) is 0 Å². The minimum atomic E-state index is -0.403. The van der Waals surface area contributed by atoms with E-state index in [0.29, 0.717) is 39.8 Å². The number of rotatable bonds is 7. The number of carbonyl (C=O) groups excluding carboxylic acids is 1. The van der Waals surface area contributed by atoms with Crippen molar-refractivity contribution in [1.82, 2.24) is 14.5 Å². The number of anilines is 2. The number of hydrogen-bond acceptors (Lipinski definition) is 7. The van der Waals surface area contributed by atoms with Crippen LogP contribution in [0.4, 0.5) is 11.8 Å². The fourth-order valence-electron chi connectivity index (χ4n) is 2.94. The maximum absolute atomic E-state index is 13.2. The van der Waals surface area contributed by atoms with Gasteiger partial charge in [-0.2, -0.15) is 4.98 Å². The summed E-state index contributed by atoms with van der Waals surface area (Å²) >= 11 is 3.49. The highest BCUT2D eigenvalue weighted by Gasteiger charge is 2.16. The standard InChI is InChI=1S/C20H22BrN5O3/c1-3-4-9-23-17-15-16(24-20(22)25-17)14(21)11-26(18(15)27)10-12-5-7-13(8-6-12)19(28)29-2/h5-8,11H,3-4,9-10H2,1-2H3,(H3,22,23,24,25). The van der Waals surface area contributed by atoms with Crippen molar-refractivity contribution in [3.05, 3.63) is 56.4 Å². The number of nitrogens with zero attached hydrogens (tertiary/aromatic N) is 3. The van der Waals surface area contributed by atoms with Gasteiger partial charge in [0, 0.05) is 12.7 Å². The minimum Gasteiger partial charge on any atom is -0.465 e. The Balaban J connectivity index is 2.01. The number of hydrogen-bond donors (Lipinski definition) is 2. The summed E-state index contributed by atoms with van der Waals surface area (Å²) in [7, 11) is 1.34. The third-order valence-corrected chi connectivity index (χ3v) is 5.03. The fraction of sp³-hybridized carbons (Fsp3) is 0.300. The molecule has 0 amide bonds. The number of nitrogens with one attached hydrogen (secondary N) is 1. The molecule has 0 aliphatic carbocycles. The lowest BCUT2D eigenvalue weighted by atomic mass is 10.1. The minimum absolute atomic E-state index is 0.104. The normalized spacial score (nSPS) is 10.9. The van der Waals surface area contributed by atoms with Gasteiger partial charge in [0.05, 0.1) is 29.2 Å². The Morgan fingerprint density at radius 2 is 2.00 bits per heavy atom. The predicted octanol–water partition coefficient (Wildman–Crippen LogP) is 3.18. The topological polar surface area (TPSA) is 112 Å². The number of halogens is 1. The zero-order valence-corrected chi connectivity index (χ0v) is 17.8. The average Bonchev–Trinajstić information content (AvgIpc) is 2.71. The lowest BCUT2D eigenvalue weighted by Crippen LogP contribution is -2.23. The first-order chi connectivity index (χ1) is 13.9. The molecule has 1 aromatic carbocycles. The second-order valence-corrected chi connectivity index (χ2v) is 7.39. The summed E-state index contributed by atoms with van der Waals surface area (Å²) in [6, 6.07) is 6.92. The zero-order chi connectivity index (χ0) is 21.0. The van der Waals surface area contributed by atoms with Gasteiger partial charge < -0.3 is 20.4 Å². The summed E-state index contributed by atoms with van der Waals surface area (Å²) in [5.41, 5.74) is 7.40. The van der Waals surface area contributed by atoms with Crippen LogP contribution < -0.4 is 16.6 Å². The molecular formula is C20H22BrN5O3. The summed E-state index contributed by atoms with van der Waals surface area (Å²) in [5.74, 6) is 0.134. The summed E-state index contributed by atoms with van der Waals surface area (Å²) in [4.78, 5) is 33.2. The Morgan fingerprint density at radius 3 is 2.66 bits per heavy atom. The van der Waals surface area contributed by atoms with Gasteiger partial charge in [0.1, 0.15) is 11.2 Å². The summed E-state index contributed by atoms with van der Waals surface area (Å²) in [6.07, 6.45) is 3.64. The molecule has 0 saturated heterocycles. The Kier molecular flexibility index (Phi) is 6.48. The van der Waals surface area contributed by atoms with E-state index in [1.165, 1.54) is 7.11 Å². The van der Waals surface area contributed by atoms with E-state index in [9.17, 15) is 9.59 Å². The molecule has 0 fully saturated rings. The van der Waals surface area contributed by atoms with E-state index < -0.39 is 5.97 Å². The Morgan fingerprint density at radius 1 is 1.28 bits per heavy atom. The summed E-state index contributed by atoms with van der Waals surface area (Å²) < 4.78 is 6.93. The molecule has 0 radical (unpaired) electrons. The average molecular weight is 460 g/mol. The molecule has 3 N–H and O–H groups in total. The van der Waals surface area contributed by atoms with Crippen molar-refractivity contribution >= 4 is 44.6 Å². The number of pyridine rings is 1. The van der Waals surface area contributed by atoms with Gasteiger partial charge in [-0.15, -0.1) is 0 Å². The van der Waals surface area contributed by atoms with E-state index in [-0.39, 0.29) is 11.5 Å². The molecule has 2 heterocycles. The van der Waals surface area contributed by atoms with Gasteiger partial charge in [0.2, 0.25) is 5.95 Å². The third-order valence-electron chi connectivity index (χ3n) is 4.45. The van der Waals surface area contributed by atoms with Crippen LogP contribution in [-0.4, -0.2) is 34.2 Å². The highest BCUT2D eigenvalue weighted by molar-refractivity contribution is 9.10. The van der Waals surface area contributed by atoms with Crippen LogP contribution in [-0.2, 0) is 11.3 Å². The number of fused-ring (bicyclic) bond motifs is 1. The number of unbranched alkanes of at least 4 members (excludes halogenated alkanes) is 1. The largest absolute Gasteiger partial charge is 0.465 e. The molecule has 0 saturated carbocycles. The molecule has 0 spiro atoms. The predicted molar refractivity (Wildman–Crippen MR) is 116 cm³/mol. The molecule has 0 aliphatic rings. The van der Waals surface area contributed by atoms with Gasteiger partial charge in [-0.3, -0.25) is 4.79 Å². The Bertz CT molecular complexity index is 1100. The van der Waals surface area contributed by atoms with Crippen molar-refractivity contribution in [2.24, 2.45) is 0 Å². The van der Waals surface area contributed by atoms with Crippen molar-refractivity contribution in [3.8, 4) is 0 Å². The van der Waals surface area contributed by atoms with Gasteiger partial charge >= 0.3 is 5.97 Å². The van der Waals surface area contributed by atoms with Crippen LogP contribution in [0.3, 0.4) is 0 Å². The fourth-order valence-corrected chi connectivity index (χ4v) is 3.48. The lowest BCUT2D eigenvalue weighted by molar-refractivity contribution is 0.0600. The van der Waals surface area contributed by atoms with Crippen LogP contribution in [0.15, 0.2) is 39.7 Å². The van der Waals surface area contributed by atoms with Crippen molar-refractivity contribution in [1.29, 1.82) is 0 Å². The van der Waals surface area contributed by atoms with Crippen molar-refractivity contribution in [2.45, 2.75) is 26.3 Å².